The third-order valence-corrected chi connectivity index (χ3v) is 5.31. The van der Waals surface area contributed by atoms with Gasteiger partial charge in [0.1, 0.15) is 5.78 Å². The lowest BCUT2D eigenvalue weighted by Crippen LogP contribution is -2.53. The third kappa shape index (κ3) is 8.63. The van der Waals surface area contributed by atoms with Crippen LogP contribution in [0.5, 0.6) is 0 Å². The van der Waals surface area contributed by atoms with E-state index < -0.39 is 0 Å². The fraction of sp³-hybridized carbons (Fsp3) is 0.950. The second-order valence-electron chi connectivity index (χ2n) is 7.18. The molecule has 0 radical (unpaired) electrons. The molecule has 0 aliphatic carbocycles. The van der Waals surface area contributed by atoms with E-state index in [-0.39, 0.29) is 5.78 Å². The van der Waals surface area contributed by atoms with Crippen LogP contribution in [0.4, 0.5) is 0 Å². The number of hydrogen-bond acceptors (Lipinski definition) is 5. The molecule has 5 heteroatoms. The topological polar surface area (TPSA) is 36.0 Å². The molecule has 2 aliphatic rings. The van der Waals surface area contributed by atoms with E-state index in [1.165, 1.54) is 25.9 Å². The van der Waals surface area contributed by atoms with Gasteiger partial charge in [-0.15, -0.1) is 0 Å². The van der Waals surface area contributed by atoms with Gasteiger partial charge in [-0.1, -0.05) is 20.8 Å². The van der Waals surface area contributed by atoms with Crippen LogP contribution >= 0.6 is 0 Å². The van der Waals surface area contributed by atoms with Crippen LogP contribution in [0.3, 0.4) is 0 Å². The molecule has 1 atom stereocenters. The van der Waals surface area contributed by atoms with Crippen molar-refractivity contribution in [1.29, 1.82) is 0 Å². The largest absolute Gasteiger partial charge is 0.377 e. The van der Waals surface area contributed by atoms with E-state index in [9.17, 15) is 4.79 Å². The van der Waals surface area contributed by atoms with Gasteiger partial charge >= 0.3 is 0 Å². The first-order valence-corrected chi connectivity index (χ1v) is 10.4. The van der Waals surface area contributed by atoms with Crippen LogP contribution in [0.1, 0.15) is 53.9 Å². The van der Waals surface area contributed by atoms with Crippen LogP contribution in [-0.2, 0) is 9.53 Å². The van der Waals surface area contributed by atoms with Crippen molar-refractivity contribution in [2.45, 2.75) is 66.0 Å². The zero-order valence-electron chi connectivity index (χ0n) is 17.3. The molecule has 0 amide bonds. The van der Waals surface area contributed by atoms with E-state index in [0.29, 0.717) is 12.6 Å². The van der Waals surface area contributed by atoms with Gasteiger partial charge < -0.3 is 9.64 Å². The smallest absolute Gasteiger partial charge is 0.143 e. The monoisotopic (exact) mass is 355 g/mol. The van der Waals surface area contributed by atoms with Gasteiger partial charge in [0.25, 0.3) is 0 Å². The third-order valence-electron chi connectivity index (χ3n) is 5.31. The summed E-state index contributed by atoms with van der Waals surface area (Å²) in [4.78, 5) is 18.7. The van der Waals surface area contributed by atoms with Gasteiger partial charge in [-0.3, -0.25) is 14.6 Å². The van der Waals surface area contributed by atoms with Crippen LogP contribution in [0.25, 0.3) is 0 Å². The zero-order chi connectivity index (χ0) is 18.7. The normalized spacial score (nSPS) is 22.3. The lowest BCUT2D eigenvalue weighted by atomic mass is 10.0. The number of carbonyl (C=O) groups is 1. The summed E-state index contributed by atoms with van der Waals surface area (Å²) in [6.45, 7) is 19.3. The maximum atomic E-state index is 11.2. The summed E-state index contributed by atoms with van der Waals surface area (Å²) in [5, 5.41) is 0. The number of nitrogens with zero attached hydrogens (tertiary/aromatic N) is 3. The van der Waals surface area contributed by atoms with E-state index in [4.69, 9.17) is 4.74 Å². The molecule has 148 valence electrons. The summed E-state index contributed by atoms with van der Waals surface area (Å²) in [6.07, 6.45) is 4.03. The molecule has 2 fully saturated rings. The number of piperidine rings is 1. The average molecular weight is 356 g/mol. The fourth-order valence-corrected chi connectivity index (χ4v) is 3.61. The predicted molar refractivity (Wildman–Crippen MR) is 105 cm³/mol. The first-order valence-electron chi connectivity index (χ1n) is 10.4. The Morgan fingerprint density at radius 2 is 1.64 bits per heavy atom. The maximum Gasteiger partial charge on any atom is 0.143 e. The Bertz CT molecular complexity index is 349. The minimum absolute atomic E-state index is 0.284. The van der Waals surface area contributed by atoms with Crippen molar-refractivity contribution in [3.63, 3.8) is 0 Å². The number of rotatable bonds is 8. The number of likely N-dealkylation sites (tertiary alicyclic amines) is 1. The van der Waals surface area contributed by atoms with E-state index in [2.05, 4.69) is 28.5 Å². The van der Waals surface area contributed by atoms with Crippen LogP contribution in [0.2, 0.25) is 0 Å². The number of ether oxygens (including phenoxy) is 1. The summed E-state index contributed by atoms with van der Waals surface area (Å²) in [5.41, 5.74) is 0. The number of piperazine rings is 1. The number of Topliss-reactive ketones (excluding diaryl/α,β-unsaturated/α-hetero) is 1. The maximum absolute atomic E-state index is 11.2. The van der Waals surface area contributed by atoms with Crippen LogP contribution in [0.15, 0.2) is 0 Å². The molecule has 5 nitrogen and oxygen atoms in total. The molecule has 25 heavy (non-hydrogen) atoms. The standard InChI is InChI=1S/C18H35N3O2.C2H6/c1-4-17(3)23-14-13-19-7-5-18(6-8-19)21-11-9-20(10-12-21)15-16(2)22;1-2/h17-18H,4-15H2,1-3H3;1-2H3. The highest BCUT2D eigenvalue weighted by Crippen LogP contribution is 2.18. The van der Waals surface area contributed by atoms with Gasteiger partial charge in [-0.2, -0.15) is 0 Å². The van der Waals surface area contributed by atoms with Crippen molar-refractivity contribution >= 4 is 5.78 Å². The molecule has 0 N–H and O–H groups in total. The Balaban J connectivity index is 0.00000151. The van der Waals surface area contributed by atoms with Gasteiger partial charge in [0.15, 0.2) is 0 Å². The first kappa shape index (κ1) is 22.6. The van der Waals surface area contributed by atoms with Crippen LogP contribution in [0, 0.1) is 0 Å². The Labute approximate surface area is 155 Å². The highest BCUT2D eigenvalue weighted by atomic mass is 16.5. The molecule has 0 spiro atoms. The second kappa shape index (κ2) is 12.8. The quantitative estimate of drug-likeness (QED) is 0.668. The molecule has 0 aromatic rings. The second-order valence-corrected chi connectivity index (χ2v) is 7.18. The van der Waals surface area contributed by atoms with E-state index in [1.807, 2.05) is 13.8 Å². The molecule has 2 rings (SSSR count). The van der Waals surface area contributed by atoms with Gasteiger partial charge in [-0.05, 0) is 46.2 Å². The van der Waals surface area contributed by atoms with E-state index in [0.717, 1.165) is 51.8 Å². The molecular formula is C20H41N3O2. The molecule has 2 aliphatic heterocycles. The van der Waals surface area contributed by atoms with E-state index >= 15 is 0 Å². The fourth-order valence-electron chi connectivity index (χ4n) is 3.61. The molecule has 2 heterocycles. The van der Waals surface area contributed by atoms with Crippen molar-refractivity contribution in [3.05, 3.63) is 0 Å². The summed E-state index contributed by atoms with van der Waals surface area (Å²) in [7, 11) is 0. The summed E-state index contributed by atoms with van der Waals surface area (Å²) < 4.78 is 5.80. The molecule has 0 bridgehead atoms. The number of hydrogen-bond donors (Lipinski definition) is 0. The molecule has 2 saturated heterocycles. The first-order chi connectivity index (χ1) is 12.1. The van der Waals surface area contributed by atoms with Gasteiger partial charge in [-0.25, -0.2) is 0 Å². The molecule has 0 aromatic heterocycles. The minimum Gasteiger partial charge on any atom is -0.377 e. The zero-order valence-corrected chi connectivity index (χ0v) is 17.3. The van der Waals surface area contributed by atoms with Crippen molar-refractivity contribution in [2.75, 3.05) is 59.0 Å². The summed E-state index contributed by atoms with van der Waals surface area (Å²) >= 11 is 0. The van der Waals surface area contributed by atoms with Crippen molar-refractivity contribution in [3.8, 4) is 0 Å². The van der Waals surface area contributed by atoms with Gasteiger partial charge in [0, 0.05) is 38.8 Å². The molecule has 1 unspecified atom stereocenters. The minimum atomic E-state index is 0.284. The average Bonchev–Trinajstić information content (AvgIpc) is 2.64. The Hall–Kier alpha value is -0.490. The predicted octanol–water partition coefficient (Wildman–Crippen LogP) is 2.50. The lowest BCUT2D eigenvalue weighted by molar-refractivity contribution is -0.118. The van der Waals surface area contributed by atoms with Gasteiger partial charge in [0.05, 0.1) is 19.3 Å². The Morgan fingerprint density at radius 1 is 1.04 bits per heavy atom. The summed E-state index contributed by atoms with van der Waals surface area (Å²) in [5.74, 6) is 0.284. The molecule has 0 saturated carbocycles. The lowest BCUT2D eigenvalue weighted by Gasteiger charge is -2.42. The van der Waals surface area contributed by atoms with Crippen molar-refractivity contribution in [1.82, 2.24) is 14.7 Å². The van der Waals surface area contributed by atoms with Crippen LogP contribution < -0.4 is 0 Å². The molecular weight excluding hydrogens is 314 g/mol. The number of ketones is 1. The highest BCUT2D eigenvalue weighted by Gasteiger charge is 2.27. The number of carbonyl (C=O) groups excluding carboxylic acids is 1. The van der Waals surface area contributed by atoms with E-state index in [1.54, 1.807) is 6.92 Å². The Morgan fingerprint density at radius 3 is 2.16 bits per heavy atom. The molecule has 0 aromatic carbocycles. The van der Waals surface area contributed by atoms with Crippen LogP contribution in [-0.4, -0.2) is 91.6 Å². The highest BCUT2D eigenvalue weighted by molar-refractivity contribution is 5.77. The van der Waals surface area contributed by atoms with Crippen molar-refractivity contribution in [2.24, 2.45) is 0 Å². The van der Waals surface area contributed by atoms with Gasteiger partial charge in [0.2, 0.25) is 0 Å². The van der Waals surface area contributed by atoms with Crippen molar-refractivity contribution < 1.29 is 9.53 Å². The SMILES string of the molecule is CC.CCC(C)OCCN1CCC(N2CCN(CC(C)=O)CC2)CC1. The Kier molecular flexibility index (Phi) is 11.5. The summed E-state index contributed by atoms with van der Waals surface area (Å²) in [6, 6.07) is 0.737.